The number of nitrogens with zero attached hydrogens (tertiary/aromatic N) is 2. The van der Waals surface area contributed by atoms with Gasteiger partial charge in [-0.15, -0.1) is 5.10 Å². The highest BCUT2D eigenvalue weighted by molar-refractivity contribution is 7.05. The average molecular weight is 291 g/mol. The van der Waals surface area contributed by atoms with Gasteiger partial charge in [-0.3, -0.25) is 0 Å². The molecule has 108 valence electrons. The molecule has 0 aliphatic carbocycles. The maximum absolute atomic E-state index is 5.02. The zero-order chi connectivity index (χ0) is 14.2. The Kier molecular flexibility index (Phi) is 6.11. The monoisotopic (exact) mass is 291 g/mol. The summed E-state index contributed by atoms with van der Waals surface area (Å²) < 4.78 is 9.10. The topological polar surface area (TPSA) is 47.0 Å². The number of ether oxygens (including phenoxy) is 1. The van der Waals surface area contributed by atoms with Crippen molar-refractivity contribution in [1.29, 1.82) is 0 Å². The molecule has 1 N–H and O–H groups in total. The third-order valence-electron chi connectivity index (χ3n) is 3.09. The summed E-state index contributed by atoms with van der Waals surface area (Å²) in [6.45, 7) is 4.53. The Morgan fingerprint density at radius 1 is 1.25 bits per heavy atom. The van der Waals surface area contributed by atoms with E-state index in [0.717, 1.165) is 30.8 Å². The van der Waals surface area contributed by atoms with Crippen molar-refractivity contribution >= 4 is 11.5 Å². The van der Waals surface area contributed by atoms with Crippen molar-refractivity contribution in [3.63, 3.8) is 0 Å². The quantitative estimate of drug-likeness (QED) is 0.760. The molecule has 1 aromatic heterocycles. The van der Waals surface area contributed by atoms with E-state index in [4.69, 9.17) is 4.74 Å². The summed E-state index contributed by atoms with van der Waals surface area (Å²) in [4.78, 5) is 1.17. The van der Waals surface area contributed by atoms with Gasteiger partial charge in [-0.2, -0.15) is 0 Å². The summed E-state index contributed by atoms with van der Waals surface area (Å²) in [5.74, 6) is 0. The fraction of sp³-hybridized carbons (Fsp3) is 0.467. The highest BCUT2D eigenvalue weighted by atomic mass is 32.1. The van der Waals surface area contributed by atoms with Gasteiger partial charge < -0.3 is 10.1 Å². The summed E-state index contributed by atoms with van der Waals surface area (Å²) in [5.41, 5.74) is 3.50. The lowest BCUT2D eigenvalue weighted by Crippen LogP contribution is -2.18. The van der Waals surface area contributed by atoms with Crippen LogP contribution in [-0.4, -0.2) is 29.8 Å². The highest BCUT2D eigenvalue weighted by Crippen LogP contribution is 2.24. The van der Waals surface area contributed by atoms with Crippen LogP contribution in [-0.2, 0) is 17.7 Å². The number of benzene rings is 1. The molecule has 1 heterocycles. The maximum atomic E-state index is 5.02. The Bertz CT molecular complexity index is 510. The number of hydrogen-bond acceptors (Lipinski definition) is 5. The first kappa shape index (κ1) is 15.1. The maximum Gasteiger partial charge on any atom is 0.110 e. The molecule has 2 aromatic rings. The molecule has 2 rings (SSSR count). The Morgan fingerprint density at radius 3 is 2.75 bits per heavy atom. The second-order valence-corrected chi connectivity index (χ2v) is 5.50. The average Bonchev–Trinajstić information content (AvgIpc) is 2.93. The molecule has 0 amide bonds. The van der Waals surface area contributed by atoms with Crippen LogP contribution in [0.5, 0.6) is 0 Å². The van der Waals surface area contributed by atoms with E-state index in [-0.39, 0.29) is 0 Å². The fourth-order valence-electron chi connectivity index (χ4n) is 2.04. The van der Waals surface area contributed by atoms with Crippen LogP contribution in [0.4, 0.5) is 0 Å². The molecule has 0 saturated carbocycles. The molecule has 0 spiro atoms. The summed E-state index contributed by atoms with van der Waals surface area (Å²) in [6, 6.07) is 8.64. The fourth-order valence-corrected chi connectivity index (χ4v) is 2.67. The van der Waals surface area contributed by atoms with E-state index in [1.165, 1.54) is 28.4 Å². The predicted molar refractivity (Wildman–Crippen MR) is 82.9 cm³/mol. The van der Waals surface area contributed by atoms with Crippen LogP contribution in [0.3, 0.4) is 0 Å². The highest BCUT2D eigenvalue weighted by Gasteiger charge is 2.09. The molecule has 1 aromatic carbocycles. The van der Waals surface area contributed by atoms with Crippen molar-refractivity contribution in [3.05, 3.63) is 34.7 Å². The molecular weight excluding hydrogens is 270 g/mol. The Hall–Kier alpha value is -1.30. The molecular formula is C15H21N3OS. The van der Waals surface area contributed by atoms with E-state index < -0.39 is 0 Å². The number of nitrogens with one attached hydrogen (secondary N) is 1. The van der Waals surface area contributed by atoms with Crippen molar-refractivity contribution in [2.45, 2.75) is 26.3 Å². The van der Waals surface area contributed by atoms with Gasteiger partial charge in [0.1, 0.15) is 5.69 Å². The molecule has 0 fully saturated rings. The van der Waals surface area contributed by atoms with E-state index in [9.17, 15) is 0 Å². The van der Waals surface area contributed by atoms with E-state index in [2.05, 4.69) is 46.1 Å². The zero-order valence-electron chi connectivity index (χ0n) is 12.1. The molecule has 0 unspecified atom stereocenters. The van der Waals surface area contributed by atoms with Crippen LogP contribution in [0.1, 0.15) is 23.8 Å². The molecule has 5 heteroatoms. The van der Waals surface area contributed by atoms with Gasteiger partial charge in [0.15, 0.2) is 0 Å². The summed E-state index contributed by atoms with van der Waals surface area (Å²) in [7, 11) is 1.71. The molecule has 4 nitrogen and oxygen atoms in total. The minimum absolute atomic E-state index is 0.716. The minimum atomic E-state index is 0.716. The van der Waals surface area contributed by atoms with Gasteiger partial charge in [0.2, 0.25) is 0 Å². The van der Waals surface area contributed by atoms with Gasteiger partial charge in [0.05, 0.1) is 11.5 Å². The number of aromatic nitrogens is 2. The first-order valence-corrected chi connectivity index (χ1v) is 7.72. The van der Waals surface area contributed by atoms with E-state index in [1.807, 2.05) is 0 Å². The van der Waals surface area contributed by atoms with Crippen molar-refractivity contribution in [1.82, 2.24) is 14.9 Å². The van der Waals surface area contributed by atoms with Gasteiger partial charge in [0, 0.05) is 25.8 Å². The summed E-state index contributed by atoms with van der Waals surface area (Å²) >= 11 is 1.45. The van der Waals surface area contributed by atoms with Crippen LogP contribution in [0.25, 0.3) is 11.3 Å². The first-order valence-electron chi connectivity index (χ1n) is 6.95. The first-order chi connectivity index (χ1) is 9.85. The van der Waals surface area contributed by atoms with Crippen LogP contribution < -0.4 is 5.32 Å². The number of methoxy groups -OCH3 is 1. The molecule has 0 aliphatic rings. The second kappa shape index (κ2) is 8.09. The molecule has 0 radical (unpaired) electrons. The lowest BCUT2D eigenvalue weighted by Gasteiger charge is -2.05. The van der Waals surface area contributed by atoms with E-state index in [1.54, 1.807) is 7.11 Å². The van der Waals surface area contributed by atoms with Crippen molar-refractivity contribution in [3.8, 4) is 11.3 Å². The number of rotatable bonds is 8. The number of aryl methyl sites for hydroxylation is 1. The normalized spacial score (nSPS) is 10.9. The largest absolute Gasteiger partial charge is 0.383 e. The third-order valence-corrected chi connectivity index (χ3v) is 3.81. The Labute approximate surface area is 124 Å². The Morgan fingerprint density at radius 2 is 2.05 bits per heavy atom. The molecule has 20 heavy (non-hydrogen) atoms. The molecule has 0 aliphatic heterocycles. The van der Waals surface area contributed by atoms with Gasteiger partial charge >= 0.3 is 0 Å². The van der Waals surface area contributed by atoms with Crippen molar-refractivity contribution in [2.75, 3.05) is 20.3 Å². The van der Waals surface area contributed by atoms with Crippen LogP contribution in [0, 0.1) is 0 Å². The lowest BCUT2D eigenvalue weighted by molar-refractivity contribution is 0.199. The van der Waals surface area contributed by atoms with Crippen molar-refractivity contribution in [2.24, 2.45) is 0 Å². The van der Waals surface area contributed by atoms with Gasteiger partial charge in [-0.05, 0) is 23.5 Å². The third kappa shape index (κ3) is 4.10. The van der Waals surface area contributed by atoms with E-state index in [0.29, 0.717) is 6.61 Å². The van der Waals surface area contributed by atoms with Crippen LogP contribution in [0.15, 0.2) is 24.3 Å². The standard InChI is InChI=1S/C15H21N3OS/c1-3-4-12-5-7-13(8-6-12)15-14(20-18-17-15)11-16-9-10-19-2/h5-8,16H,3-4,9-11H2,1-2H3. The smallest absolute Gasteiger partial charge is 0.110 e. The molecule has 0 bridgehead atoms. The second-order valence-electron chi connectivity index (χ2n) is 4.66. The minimum Gasteiger partial charge on any atom is -0.383 e. The SMILES string of the molecule is CCCc1ccc(-c2nnsc2CNCCOC)cc1. The predicted octanol–water partition coefficient (Wildman–Crippen LogP) is 2.89. The zero-order valence-corrected chi connectivity index (χ0v) is 12.9. The van der Waals surface area contributed by atoms with Crippen LogP contribution in [0.2, 0.25) is 0 Å². The van der Waals surface area contributed by atoms with Gasteiger partial charge in [-0.1, -0.05) is 42.1 Å². The Balaban J connectivity index is 2.03. The molecule has 0 atom stereocenters. The lowest BCUT2D eigenvalue weighted by atomic mass is 10.1. The van der Waals surface area contributed by atoms with Gasteiger partial charge in [-0.25, -0.2) is 0 Å². The molecule has 0 saturated heterocycles. The summed E-state index contributed by atoms with van der Waals surface area (Å²) in [6.07, 6.45) is 2.30. The van der Waals surface area contributed by atoms with Crippen LogP contribution >= 0.6 is 11.5 Å². The number of hydrogen-bond donors (Lipinski definition) is 1. The van der Waals surface area contributed by atoms with E-state index >= 15 is 0 Å². The summed E-state index contributed by atoms with van der Waals surface area (Å²) in [5, 5.41) is 7.59. The van der Waals surface area contributed by atoms with Crippen molar-refractivity contribution < 1.29 is 4.74 Å². The van der Waals surface area contributed by atoms with Gasteiger partial charge in [0.25, 0.3) is 0 Å².